The third kappa shape index (κ3) is 2.82. The summed E-state index contributed by atoms with van der Waals surface area (Å²) in [4.78, 5) is 14.0. The molecule has 1 aliphatic rings. The van der Waals surface area contributed by atoms with Gasteiger partial charge in [-0.3, -0.25) is 4.79 Å². The number of carbonyl (C=O) groups excluding carboxylic acids is 1. The number of rotatable bonds is 4. The number of likely N-dealkylation sites (N-methyl/N-ethyl adjacent to an activating group) is 1. The van der Waals surface area contributed by atoms with E-state index >= 15 is 0 Å². The number of nitrogens with zero attached hydrogens (tertiary/aromatic N) is 1. The van der Waals surface area contributed by atoms with E-state index in [1.165, 1.54) is 0 Å². The maximum atomic E-state index is 12.3. The number of ether oxygens (including phenoxy) is 1. The van der Waals surface area contributed by atoms with E-state index in [9.17, 15) is 4.79 Å². The molecule has 0 spiro atoms. The van der Waals surface area contributed by atoms with Gasteiger partial charge in [-0.05, 0) is 37.6 Å². The highest BCUT2D eigenvalue weighted by Gasteiger charge is 2.24. The lowest BCUT2D eigenvalue weighted by molar-refractivity contribution is 0.0711. The molecule has 0 aliphatic carbocycles. The first-order valence-corrected chi connectivity index (χ1v) is 6.41. The molecule has 2 rings (SSSR count). The third-order valence-corrected chi connectivity index (χ3v) is 3.29. The van der Waals surface area contributed by atoms with Gasteiger partial charge in [0, 0.05) is 31.5 Å². The van der Waals surface area contributed by atoms with Gasteiger partial charge in [0.25, 0.3) is 5.91 Å². The first-order chi connectivity index (χ1) is 8.72. The van der Waals surface area contributed by atoms with Gasteiger partial charge in [-0.15, -0.1) is 0 Å². The van der Waals surface area contributed by atoms with Crippen LogP contribution in [0.2, 0.25) is 0 Å². The molecule has 1 amide bonds. The second kappa shape index (κ2) is 5.87. The first-order valence-electron chi connectivity index (χ1n) is 6.41. The molecular formula is C14H20N2O2. The topological polar surface area (TPSA) is 41.6 Å². The minimum absolute atomic E-state index is 0.0635. The van der Waals surface area contributed by atoms with Crippen LogP contribution in [0.5, 0.6) is 0 Å². The summed E-state index contributed by atoms with van der Waals surface area (Å²) in [6.07, 6.45) is 0.928. The van der Waals surface area contributed by atoms with E-state index in [4.69, 9.17) is 4.74 Å². The van der Waals surface area contributed by atoms with Crippen LogP contribution < -0.4 is 5.32 Å². The van der Waals surface area contributed by atoms with Crippen molar-refractivity contribution in [2.75, 3.05) is 32.1 Å². The molecule has 98 valence electrons. The van der Waals surface area contributed by atoms with Crippen molar-refractivity contribution in [1.29, 1.82) is 0 Å². The van der Waals surface area contributed by atoms with Gasteiger partial charge >= 0.3 is 0 Å². The highest BCUT2D eigenvalue weighted by atomic mass is 16.5. The van der Waals surface area contributed by atoms with Crippen molar-refractivity contribution < 1.29 is 9.53 Å². The molecule has 1 heterocycles. The quantitative estimate of drug-likeness (QED) is 0.886. The summed E-state index contributed by atoms with van der Waals surface area (Å²) < 4.78 is 5.31. The molecule has 1 fully saturated rings. The Labute approximate surface area is 108 Å². The van der Waals surface area contributed by atoms with Crippen molar-refractivity contribution in [1.82, 2.24) is 4.90 Å². The molecule has 1 atom stereocenters. The molecule has 1 aromatic carbocycles. The van der Waals surface area contributed by atoms with E-state index in [1.54, 1.807) is 4.90 Å². The smallest absolute Gasteiger partial charge is 0.253 e. The molecule has 18 heavy (non-hydrogen) atoms. The Hall–Kier alpha value is -1.55. The van der Waals surface area contributed by atoms with E-state index < -0.39 is 0 Å². The number of nitrogens with one attached hydrogen (secondary N) is 1. The fourth-order valence-corrected chi connectivity index (χ4v) is 2.13. The zero-order chi connectivity index (χ0) is 13.0. The largest absolute Gasteiger partial charge is 0.385 e. The Morgan fingerprint density at radius 2 is 2.17 bits per heavy atom. The second-order valence-electron chi connectivity index (χ2n) is 4.54. The van der Waals surface area contributed by atoms with Gasteiger partial charge in [0.1, 0.15) is 0 Å². The minimum atomic E-state index is 0.0635. The van der Waals surface area contributed by atoms with Gasteiger partial charge in [-0.1, -0.05) is 0 Å². The van der Waals surface area contributed by atoms with Crippen molar-refractivity contribution in [3.63, 3.8) is 0 Å². The zero-order valence-corrected chi connectivity index (χ0v) is 11.0. The summed E-state index contributed by atoms with van der Waals surface area (Å²) in [6.45, 7) is 4.33. The molecule has 1 saturated heterocycles. The summed E-state index contributed by atoms with van der Waals surface area (Å²) in [5.74, 6) is 0.0635. The lowest BCUT2D eigenvalue weighted by Gasteiger charge is -2.23. The number of benzene rings is 1. The Morgan fingerprint density at radius 1 is 1.44 bits per heavy atom. The number of hydrogen-bond donors (Lipinski definition) is 1. The minimum Gasteiger partial charge on any atom is -0.385 e. The van der Waals surface area contributed by atoms with Crippen LogP contribution in [0, 0.1) is 0 Å². The normalized spacial score (nSPS) is 18.7. The van der Waals surface area contributed by atoms with Gasteiger partial charge in [-0.2, -0.15) is 0 Å². The molecule has 1 unspecified atom stereocenters. The Morgan fingerprint density at radius 3 is 2.72 bits per heavy atom. The molecule has 1 N–H and O–H groups in total. The summed E-state index contributed by atoms with van der Waals surface area (Å²) >= 11 is 0. The molecule has 1 aliphatic heterocycles. The Kier molecular flexibility index (Phi) is 4.20. The molecule has 0 saturated carbocycles. The second-order valence-corrected chi connectivity index (χ2v) is 4.54. The molecular weight excluding hydrogens is 228 g/mol. The predicted molar refractivity (Wildman–Crippen MR) is 71.9 cm³/mol. The van der Waals surface area contributed by atoms with E-state index in [2.05, 4.69) is 5.32 Å². The number of anilines is 1. The Balaban J connectivity index is 2.03. The molecule has 4 heteroatoms. The van der Waals surface area contributed by atoms with Crippen LogP contribution in [0.4, 0.5) is 5.69 Å². The first kappa shape index (κ1) is 12.9. The van der Waals surface area contributed by atoms with Gasteiger partial charge < -0.3 is 15.0 Å². The number of amides is 1. The van der Waals surface area contributed by atoms with Crippen LogP contribution in [0.25, 0.3) is 0 Å². The zero-order valence-electron chi connectivity index (χ0n) is 11.0. The Bertz CT molecular complexity index is 397. The highest BCUT2D eigenvalue weighted by Crippen LogP contribution is 2.15. The van der Waals surface area contributed by atoms with E-state index in [0.29, 0.717) is 6.61 Å². The average molecular weight is 248 g/mol. The lowest BCUT2D eigenvalue weighted by atomic mass is 10.1. The summed E-state index contributed by atoms with van der Waals surface area (Å²) in [7, 11) is 1.85. The molecule has 0 bridgehead atoms. The predicted octanol–water partition coefficient (Wildman–Crippen LogP) is 1.98. The summed E-state index contributed by atoms with van der Waals surface area (Å²) in [5, 5.41) is 3.21. The van der Waals surface area contributed by atoms with E-state index in [0.717, 1.165) is 30.8 Å². The summed E-state index contributed by atoms with van der Waals surface area (Å²) in [5.41, 5.74) is 1.77. The van der Waals surface area contributed by atoms with Gasteiger partial charge in [0.15, 0.2) is 0 Å². The van der Waals surface area contributed by atoms with Crippen molar-refractivity contribution in [2.24, 2.45) is 0 Å². The maximum Gasteiger partial charge on any atom is 0.253 e. The van der Waals surface area contributed by atoms with Gasteiger partial charge in [0.2, 0.25) is 0 Å². The molecule has 1 aromatic rings. The molecule has 0 aromatic heterocycles. The monoisotopic (exact) mass is 248 g/mol. The van der Waals surface area contributed by atoms with Crippen LogP contribution in [-0.4, -0.2) is 43.7 Å². The van der Waals surface area contributed by atoms with Crippen molar-refractivity contribution in [2.45, 2.75) is 19.4 Å². The van der Waals surface area contributed by atoms with Crippen LogP contribution in [0.1, 0.15) is 23.7 Å². The maximum absolute atomic E-state index is 12.3. The van der Waals surface area contributed by atoms with E-state index in [-0.39, 0.29) is 11.9 Å². The van der Waals surface area contributed by atoms with E-state index in [1.807, 2.05) is 38.2 Å². The SMILES string of the molecule is CCNc1ccc(C(=O)N(C)C2CCOC2)cc1. The van der Waals surface area contributed by atoms with Crippen LogP contribution in [-0.2, 0) is 4.74 Å². The van der Waals surface area contributed by atoms with Crippen molar-refractivity contribution in [3.8, 4) is 0 Å². The molecule has 4 nitrogen and oxygen atoms in total. The van der Waals surface area contributed by atoms with Crippen molar-refractivity contribution >= 4 is 11.6 Å². The van der Waals surface area contributed by atoms with Gasteiger partial charge in [0.05, 0.1) is 12.6 Å². The fraction of sp³-hybridized carbons (Fsp3) is 0.500. The van der Waals surface area contributed by atoms with Crippen LogP contribution >= 0.6 is 0 Å². The molecule has 0 radical (unpaired) electrons. The third-order valence-electron chi connectivity index (χ3n) is 3.29. The lowest BCUT2D eigenvalue weighted by Crippen LogP contribution is -2.37. The fourth-order valence-electron chi connectivity index (χ4n) is 2.13. The van der Waals surface area contributed by atoms with Gasteiger partial charge in [-0.25, -0.2) is 0 Å². The number of carbonyl (C=O) groups is 1. The summed E-state index contributed by atoms with van der Waals surface area (Å²) in [6, 6.07) is 7.83. The standard InChI is InChI=1S/C14H20N2O2/c1-3-15-12-6-4-11(5-7-12)14(17)16(2)13-8-9-18-10-13/h4-7,13,15H,3,8-10H2,1-2H3. The van der Waals surface area contributed by atoms with Crippen LogP contribution in [0.15, 0.2) is 24.3 Å². The average Bonchev–Trinajstić information content (AvgIpc) is 2.92. The highest BCUT2D eigenvalue weighted by molar-refractivity contribution is 5.94. The van der Waals surface area contributed by atoms with Crippen LogP contribution in [0.3, 0.4) is 0 Å². The van der Waals surface area contributed by atoms with Crippen molar-refractivity contribution in [3.05, 3.63) is 29.8 Å². The number of hydrogen-bond acceptors (Lipinski definition) is 3.